The van der Waals surface area contributed by atoms with E-state index in [1.165, 1.54) is 4.90 Å². The van der Waals surface area contributed by atoms with E-state index in [1.807, 2.05) is 0 Å². The minimum absolute atomic E-state index is 0.0129. The SMILES string of the molecule is C=C(C)OC(=O)NC(C(=O)N1CCCC1C(=O)O)C1CCCCC1. The van der Waals surface area contributed by atoms with E-state index in [9.17, 15) is 19.5 Å². The third kappa shape index (κ3) is 4.49. The maximum atomic E-state index is 13.0. The Morgan fingerprint density at radius 3 is 2.42 bits per heavy atom. The number of ether oxygens (including phenoxy) is 1. The van der Waals surface area contributed by atoms with Gasteiger partial charge in [-0.3, -0.25) is 4.79 Å². The van der Waals surface area contributed by atoms with Crippen LogP contribution in [-0.2, 0) is 14.3 Å². The van der Waals surface area contributed by atoms with Gasteiger partial charge in [0.25, 0.3) is 0 Å². The summed E-state index contributed by atoms with van der Waals surface area (Å²) in [5, 5.41) is 12.0. The molecule has 0 radical (unpaired) electrons. The number of allylic oxidation sites excluding steroid dienone is 1. The van der Waals surface area contributed by atoms with E-state index in [4.69, 9.17) is 4.74 Å². The molecular weight excluding hydrogens is 312 g/mol. The Morgan fingerprint density at radius 1 is 1.17 bits per heavy atom. The first-order valence-corrected chi connectivity index (χ1v) is 8.57. The Labute approximate surface area is 142 Å². The van der Waals surface area contributed by atoms with Crippen molar-refractivity contribution in [1.82, 2.24) is 10.2 Å². The Bertz CT molecular complexity index is 513. The minimum atomic E-state index is -0.993. The standard InChI is InChI=1S/C17H26N2O5/c1-11(2)24-17(23)18-14(12-7-4-3-5-8-12)15(20)19-10-6-9-13(19)16(21)22/h12-14H,1,3-10H2,2H3,(H,18,23)(H,21,22). The minimum Gasteiger partial charge on any atom is -0.480 e. The summed E-state index contributed by atoms with van der Waals surface area (Å²) in [5.74, 6) is -1.05. The molecule has 2 rings (SSSR count). The highest BCUT2D eigenvalue weighted by Crippen LogP contribution is 2.29. The van der Waals surface area contributed by atoms with Crippen molar-refractivity contribution < 1.29 is 24.2 Å². The number of aliphatic carboxylic acids is 1. The fraction of sp³-hybridized carbons (Fsp3) is 0.706. The van der Waals surface area contributed by atoms with Crippen LogP contribution in [0.15, 0.2) is 12.3 Å². The molecule has 1 saturated carbocycles. The topological polar surface area (TPSA) is 95.9 Å². The van der Waals surface area contributed by atoms with Crippen molar-refractivity contribution in [3.8, 4) is 0 Å². The van der Waals surface area contributed by atoms with E-state index in [0.29, 0.717) is 19.4 Å². The molecule has 1 saturated heterocycles. The molecule has 0 bridgehead atoms. The molecule has 2 unspecified atom stereocenters. The van der Waals surface area contributed by atoms with Gasteiger partial charge in [0.05, 0.1) is 5.76 Å². The number of carbonyl (C=O) groups is 3. The maximum absolute atomic E-state index is 13.0. The molecule has 24 heavy (non-hydrogen) atoms. The van der Waals surface area contributed by atoms with Gasteiger partial charge in [0.15, 0.2) is 0 Å². The lowest BCUT2D eigenvalue weighted by Crippen LogP contribution is -2.55. The summed E-state index contributed by atoms with van der Waals surface area (Å²) < 4.78 is 4.93. The van der Waals surface area contributed by atoms with E-state index in [-0.39, 0.29) is 17.6 Å². The van der Waals surface area contributed by atoms with Gasteiger partial charge in [-0.2, -0.15) is 0 Å². The second kappa shape index (κ2) is 8.17. The largest absolute Gasteiger partial charge is 0.480 e. The summed E-state index contributed by atoms with van der Waals surface area (Å²) in [6, 6.07) is -1.54. The van der Waals surface area contributed by atoms with E-state index in [0.717, 1.165) is 32.1 Å². The summed E-state index contributed by atoms with van der Waals surface area (Å²) in [6.07, 6.45) is 5.23. The molecule has 1 aliphatic heterocycles. The Kier molecular flexibility index (Phi) is 6.23. The molecule has 1 aliphatic carbocycles. The number of alkyl carbamates (subject to hydrolysis) is 1. The average molecular weight is 338 g/mol. The number of likely N-dealkylation sites (tertiary alicyclic amines) is 1. The smallest absolute Gasteiger partial charge is 0.412 e. The van der Waals surface area contributed by atoms with Crippen LogP contribution >= 0.6 is 0 Å². The Hall–Kier alpha value is -2.05. The van der Waals surface area contributed by atoms with E-state index >= 15 is 0 Å². The predicted molar refractivity (Wildman–Crippen MR) is 87.2 cm³/mol. The van der Waals surface area contributed by atoms with Gasteiger partial charge in [-0.15, -0.1) is 0 Å². The first-order valence-electron chi connectivity index (χ1n) is 8.57. The van der Waals surface area contributed by atoms with Crippen molar-refractivity contribution in [2.24, 2.45) is 5.92 Å². The van der Waals surface area contributed by atoms with Gasteiger partial charge >= 0.3 is 12.1 Å². The molecule has 2 atom stereocenters. The normalized spacial score (nSPS) is 22.7. The molecule has 0 aromatic carbocycles. The number of rotatable bonds is 5. The zero-order valence-electron chi connectivity index (χ0n) is 14.1. The predicted octanol–water partition coefficient (Wildman–Crippen LogP) is 2.27. The van der Waals surface area contributed by atoms with Crippen LogP contribution in [0.1, 0.15) is 51.9 Å². The van der Waals surface area contributed by atoms with Crippen LogP contribution in [0.5, 0.6) is 0 Å². The van der Waals surface area contributed by atoms with Gasteiger partial charge in [-0.05, 0) is 38.5 Å². The summed E-state index contributed by atoms with van der Waals surface area (Å²) in [4.78, 5) is 37.7. The van der Waals surface area contributed by atoms with Gasteiger partial charge in [-0.25, -0.2) is 9.59 Å². The number of carbonyl (C=O) groups excluding carboxylic acids is 2. The third-order valence-electron chi connectivity index (χ3n) is 4.75. The number of carboxylic acids is 1. The first kappa shape index (κ1) is 18.3. The molecule has 0 aromatic rings. The molecule has 2 N–H and O–H groups in total. The number of amides is 2. The van der Waals surface area contributed by atoms with Crippen molar-refractivity contribution >= 4 is 18.0 Å². The summed E-state index contributed by atoms with van der Waals surface area (Å²) in [6.45, 7) is 5.48. The maximum Gasteiger partial charge on any atom is 0.412 e. The van der Waals surface area contributed by atoms with E-state index in [1.54, 1.807) is 6.92 Å². The van der Waals surface area contributed by atoms with Crippen molar-refractivity contribution in [3.05, 3.63) is 12.3 Å². The summed E-state index contributed by atoms with van der Waals surface area (Å²) in [7, 11) is 0. The van der Waals surface area contributed by atoms with Crippen LogP contribution in [0.25, 0.3) is 0 Å². The molecule has 134 valence electrons. The van der Waals surface area contributed by atoms with Gasteiger partial charge < -0.3 is 20.1 Å². The number of carboxylic acid groups (broad SMARTS) is 1. The molecule has 2 aliphatic rings. The highest BCUT2D eigenvalue weighted by molar-refractivity contribution is 5.90. The number of hydrogen-bond donors (Lipinski definition) is 2. The van der Waals surface area contributed by atoms with Crippen LogP contribution in [0.4, 0.5) is 4.79 Å². The number of hydrogen-bond acceptors (Lipinski definition) is 4. The molecule has 7 heteroatoms. The quantitative estimate of drug-likeness (QED) is 0.750. The average Bonchev–Trinajstić information content (AvgIpc) is 3.02. The van der Waals surface area contributed by atoms with Crippen LogP contribution in [0.2, 0.25) is 0 Å². The van der Waals surface area contributed by atoms with E-state index in [2.05, 4.69) is 11.9 Å². The van der Waals surface area contributed by atoms with Crippen LogP contribution in [0, 0.1) is 5.92 Å². The molecule has 0 aromatic heterocycles. The van der Waals surface area contributed by atoms with Gasteiger partial charge in [-0.1, -0.05) is 25.8 Å². The number of nitrogens with zero attached hydrogens (tertiary/aromatic N) is 1. The van der Waals surface area contributed by atoms with Crippen molar-refractivity contribution in [3.63, 3.8) is 0 Å². The molecule has 1 heterocycles. The third-order valence-corrected chi connectivity index (χ3v) is 4.75. The molecule has 0 spiro atoms. The Balaban J connectivity index is 2.14. The van der Waals surface area contributed by atoms with Crippen LogP contribution < -0.4 is 5.32 Å². The van der Waals surface area contributed by atoms with Gasteiger partial charge in [0, 0.05) is 6.54 Å². The van der Waals surface area contributed by atoms with Crippen LogP contribution in [0.3, 0.4) is 0 Å². The molecule has 2 fully saturated rings. The fourth-order valence-corrected chi connectivity index (χ4v) is 3.63. The molecule has 7 nitrogen and oxygen atoms in total. The second-order valence-electron chi connectivity index (χ2n) is 6.64. The van der Waals surface area contributed by atoms with Gasteiger partial charge in [0.2, 0.25) is 5.91 Å². The summed E-state index contributed by atoms with van der Waals surface area (Å²) in [5.41, 5.74) is 0. The lowest BCUT2D eigenvalue weighted by molar-refractivity contribution is -0.149. The van der Waals surface area contributed by atoms with Crippen LogP contribution in [-0.4, -0.2) is 46.6 Å². The van der Waals surface area contributed by atoms with Crippen molar-refractivity contribution in [1.29, 1.82) is 0 Å². The highest BCUT2D eigenvalue weighted by Gasteiger charge is 2.40. The fourth-order valence-electron chi connectivity index (χ4n) is 3.63. The Morgan fingerprint density at radius 2 is 1.83 bits per heavy atom. The zero-order valence-corrected chi connectivity index (χ0v) is 14.1. The lowest BCUT2D eigenvalue weighted by atomic mass is 9.83. The van der Waals surface area contributed by atoms with Gasteiger partial charge in [0.1, 0.15) is 12.1 Å². The van der Waals surface area contributed by atoms with Crippen molar-refractivity contribution in [2.45, 2.75) is 64.0 Å². The second-order valence-corrected chi connectivity index (χ2v) is 6.64. The number of nitrogens with one attached hydrogen (secondary N) is 1. The van der Waals surface area contributed by atoms with E-state index < -0.39 is 24.1 Å². The monoisotopic (exact) mass is 338 g/mol. The first-order chi connectivity index (χ1) is 11.4. The van der Waals surface area contributed by atoms with Crippen molar-refractivity contribution in [2.75, 3.05) is 6.54 Å². The zero-order chi connectivity index (χ0) is 17.7. The molecular formula is C17H26N2O5. The molecule has 2 amide bonds. The highest BCUT2D eigenvalue weighted by atomic mass is 16.6. The lowest BCUT2D eigenvalue weighted by Gasteiger charge is -2.33. The summed E-state index contributed by atoms with van der Waals surface area (Å²) >= 11 is 0.